The van der Waals surface area contributed by atoms with E-state index in [0.717, 1.165) is 15.9 Å². The number of oxazole rings is 1. The minimum atomic E-state index is -1.14. The zero-order valence-corrected chi connectivity index (χ0v) is 14.9. The number of nitrogens with one attached hydrogen (secondary N) is 1. The van der Waals surface area contributed by atoms with Gasteiger partial charge in [-0.3, -0.25) is 19.0 Å². The topological polar surface area (TPSA) is 134 Å². The number of carbonyl (C=O) groups excluding carboxylic acids is 3. The third kappa shape index (κ3) is 3.90. The molecule has 0 fully saturated rings. The number of hydrogen-bond donors (Lipinski definition) is 2. The van der Waals surface area contributed by atoms with Gasteiger partial charge in [-0.1, -0.05) is 12.1 Å². The van der Waals surface area contributed by atoms with Gasteiger partial charge in [0.05, 0.1) is 11.1 Å². The molecule has 2 amide bonds. The maximum Gasteiger partial charge on any atom is 0.420 e. The fourth-order valence-electron chi connectivity index (χ4n) is 2.39. The summed E-state index contributed by atoms with van der Waals surface area (Å²) in [6.07, 6.45) is -1.14. The first-order valence-corrected chi connectivity index (χ1v) is 8.71. The zero-order chi connectivity index (χ0) is 19.6. The Labute approximate surface area is 156 Å². The van der Waals surface area contributed by atoms with Crippen LogP contribution in [0, 0.1) is 0 Å². The second-order valence-corrected chi connectivity index (χ2v) is 6.49. The van der Waals surface area contributed by atoms with Crippen molar-refractivity contribution in [1.29, 1.82) is 0 Å². The number of carbonyl (C=O) groups is 3. The monoisotopic (exact) mass is 389 g/mol. The maximum atomic E-state index is 12.2. The van der Waals surface area contributed by atoms with Gasteiger partial charge >= 0.3 is 11.7 Å². The van der Waals surface area contributed by atoms with Crippen LogP contribution in [0.4, 0.5) is 5.00 Å². The van der Waals surface area contributed by atoms with E-state index in [1.807, 2.05) is 0 Å². The molecule has 0 aliphatic heterocycles. The standard InChI is InChI=1S/C17H15N3O6S/c1-9(15(23)19-16-10(14(18)22)6-7-27-16)25-13(21)8-20-11-4-2-3-5-12(11)26-17(20)24/h2-7,9H,8H2,1H3,(H2,18,22)(H,19,23). The van der Waals surface area contributed by atoms with Crippen LogP contribution < -0.4 is 16.8 Å². The van der Waals surface area contributed by atoms with E-state index in [4.69, 9.17) is 14.9 Å². The Kier molecular flexibility index (Phi) is 5.08. The summed E-state index contributed by atoms with van der Waals surface area (Å²) in [4.78, 5) is 47.5. The number of fused-ring (bicyclic) bond motifs is 1. The number of hydrogen-bond acceptors (Lipinski definition) is 7. The lowest BCUT2D eigenvalue weighted by Crippen LogP contribution is -2.32. The molecule has 3 rings (SSSR count). The molecule has 2 heterocycles. The van der Waals surface area contributed by atoms with Crippen LogP contribution in [0.1, 0.15) is 17.3 Å². The Morgan fingerprint density at radius 2 is 2.04 bits per heavy atom. The lowest BCUT2D eigenvalue weighted by molar-refractivity contribution is -0.153. The van der Waals surface area contributed by atoms with Gasteiger partial charge < -0.3 is 20.2 Å². The van der Waals surface area contributed by atoms with Gasteiger partial charge in [0.2, 0.25) is 0 Å². The molecule has 3 N–H and O–H groups in total. The van der Waals surface area contributed by atoms with E-state index in [1.165, 1.54) is 13.0 Å². The number of aromatic nitrogens is 1. The van der Waals surface area contributed by atoms with Crippen molar-refractivity contribution < 1.29 is 23.5 Å². The molecule has 10 heteroatoms. The van der Waals surface area contributed by atoms with Gasteiger partial charge in [0, 0.05) is 0 Å². The van der Waals surface area contributed by atoms with Crippen molar-refractivity contribution in [3.8, 4) is 0 Å². The van der Waals surface area contributed by atoms with Crippen molar-refractivity contribution in [2.24, 2.45) is 5.73 Å². The molecular weight excluding hydrogens is 374 g/mol. The second kappa shape index (κ2) is 7.46. The number of esters is 1. The molecule has 1 unspecified atom stereocenters. The van der Waals surface area contributed by atoms with Crippen molar-refractivity contribution >= 4 is 45.2 Å². The molecule has 0 radical (unpaired) electrons. The molecule has 0 saturated carbocycles. The highest BCUT2D eigenvalue weighted by molar-refractivity contribution is 7.14. The van der Waals surface area contributed by atoms with Gasteiger partial charge in [-0.2, -0.15) is 0 Å². The summed E-state index contributed by atoms with van der Waals surface area (Å²) >= 11 is 1.12. The molecule has 0 aliphatic rings. The number of para-hydroxylation sites is 2. The van der Waals surface area contributed by atoms with E-state index in [0.29, 0.717) is 11.1 Å². The average Bonchev–Trinajstić information content (AvgIpc) is 3.20. The highest BCUT2D eigenvalue weighted by atomic mass is 32.1. The fraction of sp³-hybridized carbons (Fsp3) is 0.176. The number of benzene rings is 1. The number of nitrogens with zero attached hydrogens (tertiary/aromatic N) is 1. The first-order valence-electron chi connectivity index (χ1n) is 7.83. The van der Waals surface area contributed by atoms with E-state index in [2.05, 4.69) is 5.32 Å². The summed E-state index contributed by atoms with van der Waals surface area (Å²) in [6.45, 7) is 0.972. The molecule has 140 valence electrons. The number of anilines is 1. The molecule has 9 nitrogen and oxygen atoms in total. The number of nitrogens with two attached hydrogens (primary N) is 1. The van der Waals surface area contributed by atoms with Crippen molar-refractivity contribution in [3.05, 3.63) is 51.8 Å². The van der Waals surface area contributed by atoms with Crippen LogP contribution >= 0.6 is 11.3 Å². The van der Waals surface area contributed by atoms with E-state index in [-0.39, 0.29) is 10.6 Å². The van der Waals surface area contributed by atoms with Crippen molar-refractivity contribution in [2.45, 2.75) is 19.6 Å². The number of rotatable bonds is 6. The van der Waals surface area contributed by atoms with E-state index < -0.39 is 36.2 Å². The van der Waals surface area contributed by atoms with Crippen LogP contribution in [-0.2, 0) is 20.9 Å². The normalized spacial score (nSPS) is 11.9. The van der Waals surface area contributed by atoms with Crippen molar-refractivity contribution in [2.75, 3.05) is 5.32 Å². The summed E-state index contributed by atoms with van der Waals surface area (Å²) in [5, 5.41) is 4.36. The first-order chi connectivity index (χ1) is 12.9. The quantitative estimate of drug-likeness (QED) is 0.611. The molecular formula is C17H15N3O6S. The summed E-state index contributed by atoms with van der Waals surface area (Å²) in [5.74, 6) is -2.79. The summed E-state index contributed by atoms with van der Waals surface area (Å²) < 4.78 is 11.2. The van der Waals surface area contributed by atoms with Crippen molar-refractivity contribution in [1.82, 2.24) is 4.57 Å². The lowest BCUT2D eigenvalue weighted by Gasteiger charge is -2.13. The molecule has 0 bridgehead atoms. The molecule has 1 aromatic carbocycles. The van der Waals surface area contributed by atoms with Gasteiger partial charge in [0.25, 0.3) is 11.8 Å². The Morgan fingerprint density at radius 3 is 2.78 bits per heavy atom. The van der Waals surface area contributed by atoms with E-state index in [9.17, 15) is 19.2 Å². The third-order valence-corrected chi connectivity index (χ3v) is 4.54. The van der Waals surface area contributed by atoms with Gasteiger partial charge in [-0.05, 0) is 30.5 Å². The summed E-state index contributed by atoms with van der Waals surface area (Å²) in [6, 6.07) is 8.12. The Morgan fingerprint density at radius 1 is 1.30 bits per heavy atom. The van der Waals surface area contributed by atoms with Crippen molar-refractivity contribution in [3.63, 3.8) is 0 Å². The van der Waals surface area contributed by atoms with Gasteiger partial charge in [0.15, 0.2) is 11.7 Å². The predicted molar refractivity (Wildman–Crippen MR) is 97.5 cm³/mol. The molecule has 1 atom stereocenters. The first kappa shape index (κ1) is 18.4. The number of primary amides is 1. The number of ether oxygens (including phenoxy) is 1. The van der Waals surface area contributed by atoms with Gasteiger partial charge in [0.1, 0.15) is 11.5 Å². The predicted octanol–water partition coefficient (Wildman–Crippen LogP) is 1.33. The summed E-state index contributed by atoms with van der Waals surface area (Å²) in [7, 11) is 0. The molecule has 0 saturated heterocycles. The molecule has 0 spiro atoms. The minimum absolute atomic E-state index is 0.170. The molecule has 2 aromatic heterocycles. The fourth-order valence-corrected chi connectivity index (χ4v) is 3.19. The Bertz CT molecular complexity index is 1080. The molecule has 27 heavy (non-hydrogen) atoms. The Hall–Kier alpha value is -3.40. The third-order valence-electron chi connectivity index (χ3n) is 3.71. The van der Waals surface area contributed by atoms with Gasteiger partial charge in [-0.25, -0.2) is 4.79 Å². The number of thiophene rings is 1. The SMILES string of the molecule is CC(OC(=O)Cn1c(=O)oc2ccccc21)C(=O)Nc1sccc1C(N)=O. The van der Waals surface area contributed by atoms with Crippen LogP contribution in [0.5, 0.6) is 0 Å². The minimum Gasteiger partial charge on any atom is -0.451 e. The number of amides is 2. The molecule has 3 aromatic rings. The highest BCUT2D eigenvalue weighted by Gasteiger charge is 2.22. The lowest BCUT2D eigenvalue weighted by atomic mass is 10.3. The van der Waals surface area contributed by atoms with Crippen LogP contribution in [0.25, 0.3) is 11.1 Å². The van der Waals surface area contributed by atoms with E-state index in [1.54, 1.807) is 29.6 Å². The van der Waals surface area contributed by atoms with Gasteiger partial charge in [-0.15, -0.1) is 11.3 Å². The maximum absolute atomic E-state index is 12.2. The second-order valence-electron chi connectivity index (χ2n) is 5.57. The van der Waals surface area contributed by atoms with Crippen LogP contribution in [-0.4, -0.2) is 28.5 Å². The zero-order valence-electron chi connectivity index (χ0n) is 14.1. The smallest absolute Gasteiger partial charge is 0.420 e. The van der Waals surface area contributed by atoms with E-state index >= 15 is 0 Å². The van der Waals surface area contributed by atoms with Crippen LogP contribution in [0.2, 0.25) is 0 Å². The molecule has 0 aliphatic carbocycles. The Balaban J connectivity index is 1.65. The highest BCUT2D eigenvalue weighted by Crippen LogP contribution is 2.23. The van der Waals surface area contributed by atoms with Crippen LogP contribution in [0.3, 0.4) is 0 Å². The average molecular weight is 389 g/mol. The largest absolute Gasteiger partial charge is 0.451 e. The summed E-state index contributed by atoms with van der Waals surface area (Å²) in [5.41, 5.74) is 6.18. The van der Waals surface area contributed by atoms with Crippen LogP contribution in [0.15, 0.2) is 44.9 Å².